The van der Waals surface area contributed by atoms with Crippen molar-refractivity contribution in [3.63, 3.8) is 0 Å². The number of anilines is 1. The normalized spacial score (nSPS) is 20.9. The first kappa shape index (κ1) is 19.7. The number of hydrogen-bond donors (Lipinski definition) is 0. The molecule has 1 aromatic carbocycles. The van der Waals surface area contributed by atoms with Crippen molar-refractivity contribution in [3.05, 3.63) is 46.9 Å². The van der Waals surface area contributed by atoms with Gasteiger partial charge in [0.2, 0.25) is 5.91 Å². The van der Waals surface area contributed by atoms with Gasteiger partial charge < -0.3 is 19.1 Å². The van der Waals surface area contributed by atoms with Crippen LogP contribution in [0, 0.1) is 6.92 Å². The van der Waals surface area contributed by atoms with E-state index >= 15 is 0 Å². The Morgan fingerprint density at radius 2 is 2.03 bits per heavy atom. The summed E-state index contributed by atoms with van der Waals surface area (Å²) in [7, 11) is 0. The molecule has 1 unspecified atom stereocenters. The summed E-state index contributed by atoms with van der Waals surface area (Å²) in [6, 6.07) is 7.90. The third-order valence-corrected chi connectivity index (χ3v) is 6.75. The number of imidazole rings is 1. The number of piperazine rings is 1. The highest BCUT2D eigenvalue weighted by Crippen LogP contribution is 2.37. The Hall–Kier alpha value is -2.97. The van der Waals surface area contributed by atoms with Gasteiger partial charge in [0.25, 0.3) is 0 Å². The third-order valence-electron chi connectivity index (χ3n) is 6.42. The highest BCUT2D eigenvalue weighted by Gasteiger charge is 2.33. The van der Waals surface area contributed by atoms with Crippen molar-refractivity contribution in [1.29, 1.82) is 0 Å². The molecule has 164 valence electrons. The lowest BCUT2D eigenvalue weighted by Crippen LogP contribution is -2.45. The van der Waals surface area contributed by atoms with Crippen molar-refractivity contribution < 1.29 is 9.53 Å². The van der Waals surface area contributed by atoms with Crippen LogP contribution in [-0.2, 0) is 9.53 Å². The number of carbonyl (C=O) groups excluding carboxylic acids is 1. The second kappa shape index (κ2) is 7.56. The fourth-order valence-corrected chi connectivity index (χ4v) is 5.09. The molecule has 0 saturated carbocycles. The molecule has 9 heteroatoms. The second-order valence-corrected chi connectivity index (χ2v) is 8.84. The minimum absolute atomic E-state index is 0.139. The average molecular weight is 451 g/mol. The van der Waals surface area contributed by atoms with Crippen molar-refractivity contribution >= 4 is 34.5 Å². The minimum Gasteiger partial charge on any atom is -0.379 e. The standard InChI is InChI=1S/C23H23ClN6O2/c1-14-25-22(28-9-10-29-15(12-28)6-7-19(29)31)20-23(26-14)30(16-8-11-32-13-16)21(27-20)17-4-2-3-5-18(17)24/h2-6,16H,7-13H2,1H3. The van der Waals surface area contributed by atoms with Gasteiger partial charge in [0.15, 0.2) is 17.0 Å². The number of ether oxygens (including phenoxy) is 1. The Labute approximate surface area is 190 Å². The number of carbonyl (C=O) groups is 1. The van der Waals surface area contributed by atoms with Gasteiger partial charge in [0, 0.05) is 37.4 Å². The molecule has 2 saturated heterocycles. The number of aryl methyl sites for hydroxylation is 1. The van der Waals surface area contributed by atoms with Crippen LogP contribution in [-0.4, -0.2) is 63.2 Å². The molecule has 3 aliphatic heterocycles. The van der Waals surface area contributed by atoms with Gasteiger partial charge in [0.05, 0.1) is 24.2 Å². The number of benzene rings is 1. The molecule has 8 nitrogen and oxygen atoms in total. The monoisotopic (exact) mass is 450 g/mol. The lowest BCUT2D eigenvalue weighted by atomic mass is 10.2. The number of hydrogen-bond acceptors (Lipinski definition) is 6. The van der Waals surface area contributed by atoms with Crippen LogP contribution in [0.1, 0.15) is 24.7 Å². The summed E-state index contributed by atoms with van der Waals surface area (Å²) in [6.07, 6.45) is 3.40. The summed E-state index contributed by atoms with van der Waals surface area (Å²) in [4.78, 5) is 30.9. The van der Waals surface area contributed by atoms with Gasteiger partial charge in [-0.05, 0) is 25.5 Å². The minimum atomic E-state index is 0.139. The number of fused-ring (bicyclic) bond motifs is 2. The molecule has 32 heavy (non-hydrogen) atoms. The highest BCUT2D eigenvalue weighted by atomic mass is 35.5. The summed E-state index contributed by atoms with van der Waals surface area (Å²) >= 11 is 6.58. The van der Waals surface area contributed by atoms with Crippen LogP contribution in [0.2, 0.25) is 5.02 Å². The van der Waals surface area contributed by atoms with Gasteiger partial charge in [-0.1, -0.05) is 29.8 Å². The first-order chi connectivity index (χ1) is 15.6. The van der Waals surface area contributed by atoms with Gasteiger partial charge in [-0.2, -0.15) is 0 Å². The summed E-state index contributed by atoms with van der Waals surface area (Å²) in [6.45, 7) is 5.24. The van der Waals surface area contributed by atoms with Crippen molar-refractivity contribution in [2.75, 3.05) is 37.7 Å². The molecular weight excluding hydrogens is 428 g/mol. The van der Waals surface area contributed by atoms with Crippen LogP contribution < -0.4 is 4.90 Å². The van der Waals surface area contributed by atoms with E-state index < -0.39 is 0 Å². The zero-order valence-electron chi connectivity index (χ0n) is 17.8. The fraction of sp³-hybridized carbons (Fsp3) is 0.391. The first-order valence-corrected chi connectivity index (χ1v) is 11.3. The Morgan fingerprint density at radius 3 is 2.84 bits per heavy atom. The summed E-state index contributed by atoms with van der Waals surface area (Å²) < 4.78 is 7.88. The summed E-state index contributed by atoms with van der Waals surface area (Å²) in [5.41, 5.74) is 3.48. The molecule has 3 aliphatic rings. The van der Waals surface area contributed by atoms with Crippen molar-refractivity contribution in [3.8, 4) is 11.4 Å². The van der Waals surface area contributed by atoms with Gasteiger partial charge in [-0.3, -0.25) is 4.79 Å². The van der Waals surface area contributed by atoms with Gasteiger partial charge in [0.1, 0.15) is 11.6 Å². The lowest BCUT2D eigenvalue weighted by Gasteiger charge is -2.35. The number of halogens is 1. The van der Waals surface area contributed by atoms with Crippen LogP contribution in [0.3, 0.4) is 0 Å². The predicted octanol–water partition coefficient (Wildman–Crippen LogP) is 3.35. The largest absolute Gasteiger partial charge is 0.379 e. The zero-order valence-corrected chi connectivity index (χ0v) is 18.5. The molecule has 1 amide bonds. The topological polar surface area (TPSA) is 76.4 Å². The fourth-order valence-electron chi connectivity index (χ4n) is 4.87. The van der Waals surface area contributed by atoms with Crippen molar-refractivity contribution in [2.24, 2.45) is 0 Å². The molecule has 0 N–H and O–H groups in total. The van der Waals surface area contributed by atoms with Crippen LogP contribution in [0.15, 0.2) is 36.0 Å². The van der Waals surface area contributed by atoms with E-state index in [0.29, 0.717) is 50.1 Å². The molecule has 2 aromatic heterocycles. The molecule has 0 bridgehead atoms. The van der Waals surface area contributed by atoms with E-state index in [1.54, 1.807) is 0 Å². The zero-order chi connectivity index (χ0) is 21.8. The van der Waals surface area contributed by atoms with E-state index in [2.05, 4.69) is 9.47 Å². The summed E-state index contributed by atoms with van der Waals surface area (Å²) in [5, 5.41) is 0.650. The Balaban J connectivity index is 1.53. The van der Waals surface area contributed by atoms with Crippen molar-refractivity contribution in [2.45, 2.75) is 25.8 Å². The van der Waals surface area contributed by atoms with Gasteiger partial charge in [-0.25, -0.2) is 15.0 Å². The Bertz CT molecular complexity index is 1260. The van der Waals surface area contributed by atoms with Gasteiger partial charge in [-0.15, -0.1) is 0 Å². The van der Waals surface area contributed by atoms with Crippen LogP contribution in [0.4, 0.5) is 5.82 Å². The molecular formula is C23H23ClN6O2. The van der Waals surface area contributed by atoms with E-state index in [1.165, 1.54) is 0 Å². The van der Waals surface area contributed by atoms with Crippen LogP contribution in [0.5, 0.6) is 0 Å². The number of nitrogens with zero attached hydrogens (tertiary/aromatic N) is 6. The maximum absolute atomic E-state index is 12.1. The van der Waals surface area contributed by atoms with E-state index in [4.69, 9.17) is 31.3 Å². The number of aromatic nitrogens is 4. The molecule has 0 aliphatic carbocycles. The van der Waals surface area contributed by atoms with Crippen molar-refractivity contribution in [1.82, 2.24) is 24.4 Å². The summed E-state index contributed by atoms with van der Waals surface area (Å²) in [5.74, 6) is 2.46. The van der Waals surface area contributed by atoms with Crippen LogP contribution in [0.25, 0.3) is 22.6 Å². The van der Waals surface area contributed by atoms with Gasteiger partial charge >= 0.3 is 0 Å². The molecule has 2 fully saturated rings. The quantitative estimate of drug-likeness (QED) is 0.609. The molecule has 1 atom stereocenters. The smallest absolute Gasteiger partial charge is 0.230 e. The maximum atomic E-state index is 12.1. The third kappa shape index (κ3) is 3.09. The molecule has 6 rings (SSSR count). The van der Waals surface area contributed by atoms with E-state index in [0.717, 1.165) is 40.5 Å². The molecule has 0 spiro atoms. The average Bonchev–Trinajstić information content (AvgIpc) is 3.52. The Morgan fingerprint density at radius 1 is 1.16 bits per heavy atom. The highest BCUT2D eigenvalue weighted by molar-refractivity contribution is 6.33. The molecule has 5 heterocycles. The SMILES string of the molecule is Cc1nc(N2CCN3C(=O)CC=C3C2)c2nc(-c3ccccc3Cl)n(C3CCOC3)c2n1. The lowest BCUT2D eigenvalue weighted by molar-refractivity contribution is -0.127. The number of rotatable bonds is 3. The Kier molecular flexibility index (Phi) is 4.66. The second-order valence-electron chi connectivity index (χ2n) is 8.44. The van der Waals surface area contributed by atoms with E-state index in [1.807, 2.05) is 42.2 Å². The number of amides is 1. The molecule has 0 radical (unpaired) electrons. The van der Waals surface area contributed by atoms with E-state index in [-0.39, 0.29) is 11.9 Å². The predicted molar refractivity (Wildman–Crippen MR) is 122 cm³/mol. The van der Waals surface area contributed by atoms with Crippen LogP contribution >= 0.6 is 11.6 Å². The first-order valence-electron chi connectivity index (χ1n) is 10.9. The molecule has 3 aromatic rings. The maximum Gasteiger partial charge on any atom is 0.230 e. The van der Waals surface area contributed by atoms with E-state index in [9.17, 15) is 4.79 Å².